The molecular weight excluding hydrogens is 759 g/mol. The van der Waals surface area contributed by atoms with Gasteiger partial charge in [-0.25, -0.2) is 0 Å². The number of nitrogens with zero attached hydrogens (tertiary/aromatic N) is 1. The first-order valence-electron chi connectivity index (χ1n) is 22.4. The van der Waals surface area contributed by atoms with Crippen LogP contribution in [-0.2, 0) is 0 Å². The third-order valence-corrected chi connectivity index (χ3v) is 11.5. The normalized spacial score (nSPS) is 12.5. The van der Waals surface area contributed by atoms with Crippen molar-refractivity contribution in [2.75, 3.05) is 0 Å². The molecule has 0 aromatic heterocycles. The minimum Gasteiger partial charge on any atom is -0.253 e. The molecule has 0 amide bonds. The standard InChI is InChI=1S/C34H26.C25H25N.C3H8/c1-23-10-6-7-13-28(23)34-24(2)16-17-27-22-26(18-19-31(27)34)30-21-20-29(25-11-4-3-5-12-25)32-14-8-9-15-33(30)32;1-19-14-16-23(17-15-19)21(3)26-25(24-12-8-5-9-13-24)18-20(2)22-10-6-4-7-11-22;1-3-2/h3-22H,1-2H3;4,6-8,10-18H,2,5,9H2,1,3H3;3H2,1-2H3/b;25-18-,26-21?;. The van der Waals surface area contributed by atoms with Crippen LogP contribution in [0.5, 0.6) is 0 Å². The third kappa shape index (κ3) is 10.7. The molecule has 1 nitrogen and oxygen atoms in total. The van der Waals surface area contributed by atoms with Gasteiger partial charge >= 0.3 is 0 Å². The van der Waals surface area contributed by atoms with Crippen molar-refractivity contribution in [3.63, 3.8) is 0 Å². The van der Waals surface area contributed by atoms with Crippen molar-refractivity contribution in [3.8, 4) is 33.4 Å². The van der Waals surface area contributed by atoms with Crippen molar-refractivity contribution in [1.82, 2.24) is 0 Å². The van der Waals surface area contributed by atoms with E-state index in [1.54, 1.807) is 0 Å². The summed E-state index contributed by atoms with van der Waals surface area (Å²) in [7, 11) is 0. The third-order valence-electron chi connectivity index (χ3n) is 11.5. The van der Waals surface area contributed by atoms with Crippen LogP contribution in [0.4, 0.5) is 0 Å². The van der Waals surface area contributed by atoms with E-state index in [4.69, 9.17) is 4.99 Å². The van der Waals surface area contributed by atoms with Gasteiger partial charge in [-0.3, -0.25) is 4.99 Å². The molecule has 0 saturated heterocycles. The van der Waals surface area contributed by atoms with E-state index in [9.17, 15) is 0 Å². The number of aliphatic imine (C=N–C) groups is 1. The summed E-state index contributed by atoms with van der Waals surface area (Å²) in [5, 5.41) is 5.16. The molecule has 1 heteroatoms. The van der Waals surface area contributed by atoms with Gasteiger partial charge in [-0.2, -0.15) is 0 Å². The Morgan fingerprint density at radius 3 is 1.83 bits per heavy atom. The Balaban J connectivity index is 0.000000184. The second-order valence-electron chi connectivity index (χ2n) is 16.4. The minimum absolute atomic E-state index is 0.966. The monoisotopic (exact) mass is 817 g/mol. The molecule has 0 fully saturated rings. The molecule has 0 unspecified atom stereocenters. The molecule has 0 radical (unpaired) electrons. The van der Waals surface area contributed by atoms with Gasteiger partial charge in [0.1, 0.15) is 0 Å². The van der Waals surface area contributed by atoms with Crippen LogP contribution in [0.25, 0.3) is 60.5 Å². The molecule has 312 valence electrons. The summed E-state index contributed by atoms with van der Waals surface area (Å²) in [5.41, 5.74) is 18.0. The Bertz CT molecular complexity index is 2960. The molecule has 9 rings (SSSR count). The van der Waals surface area contributed by atoms with E-state index in [2.05, 4.69) is 230 Å². The van der Waals surface area contributed by atoms with Crippen LogP contribution in [0.2, 0.25) is 0 Å². The molecule has 0 spiro atoms. The van der Waals surface area contributed by atoms with E-state index in [1.807, 2.05) is 18.2 Å². The highest BCUT2D eigenvalue weighted by Crippen LogP contribution is 2.39. The van der Waals surface area contributed by atoms with Gasteiger partial charge in [0.25, 0.3) is 0 Å². The predicted molar refractivity (Wildman–Crippen MR) is 277 cm³/mol. The zero-order chi connectivity index (χ0) is 44.1. The van der Waals surface area contributed by atoms with Gasteiger partial charge in [0.05, 0.1) is 5.70 Å². The molecule has 0 aliphatic heterocycles. The maximum Gasteiger partial charge on any atom is 0.0708 e. The zero-order valence-electron chi connectivity index (χ0n) is 37.8. The number of hydrogen-bond acceptors (Lipinski definition) is 1. The van der Waals surface area contributed by atoms with Crippen molar-refractivity contribution in [2.24, 2.45) is 4.99 Å². The SMILES string of the molecule is C=C(/C=C(\N=C(C)c1ccc(C)cc1)C1=CCCC=C1)c1ccccc1.CCC.Cc1ccccc1-c1c(C)ccc2cc(-c3ccc(-c4ccccc4)c4ccccc34)ccc12. The van der Waals surface area contributed by atoms with Crippen LogP contribution in [-0.4, -0.2) is 5.71 Å². The molecule has 1 aliphatic rings. The first kappa shape index (κ1) is 44.0. The molecule has 8 aromatic rings. The first-order chi connectivity index (χ1) is 30.7. The topological polar surface area (TPSA) is 12.4 Å². The summed E-state index contributed by atoms with van der Waals surface area (Å²) in [5.74, 6) is 0. The molecule has 0 bridgehead atoms. The van der Waals surface area contributed by atoms with Crippen LogP contribution in [0.3, 0.4) is 0 Å². The first-order valence-corrected chi connectivity index (χ1v) is 22.4. The number of fused-ring (bicyclic) bond motifs is 2. The summed E-state index contributed by atoms with van der Waals surface area (Å²) in [4.78, 5) is 4.96. The molecule has 0 heterocycles. The smallest absolute Gasteiger partial charge is 0.0708 e. The molecule has 0 saturated carbocycles. The van der Waals surface area contributed by atoms with E-state index in [0.717, 1.165) is 41.0 Å². The molecule has 63 heavy (non-hydrogen) atoms. The lowest BCUT2D eigenvalue weighted by Crippen LogP contribution is -1.98. The van der Waals surface area contributed by atoms with Gasteiger partial charge in [-0.05, 0) is 141 Å². The van der Waals surface area contributed by atoms with Crippen molar-refractivity contribution in [2.45, 2.75) is 60.8 Å². The molecule has 0 atom stereocenters. The lowest BCUT2D eigenvalue weighted by atomic mass is 9.88. The van der Waals surface area contributed by atoms with Crippen molar-refractivity contribution < 1.29 is 0 Å². The highest BCUT2D eigenvalue weighted by Gasteiger charge is 2.14. The van der Waals surface area contributed by atoms with Gasteiger partial charge in [0.15, 0.2) is 0 Å². The fraction of sp³-hybridized carbons (Fsp3) is 0.145. The van der Waals surface area contributed by atoms with Crippen LogP contribution >= 0.6 is 0 Å². The maximum atomic E-state index is 4.96. The Labute approximate surface area is 376 Å². The van der Waals surface area contributed by atoms with Gasteiger partial charge in [0, 0.05) is 5.71 Å². The Morgan fingerprint density at radius 2 is 1.17 bits per heavy atom. The second kappa shape index (κ2) is 21.1. The summed E-state index contributed by atoms with van der Waals surface area (Å²) in [6, 6.07) is 62.9. The average molecular weight is 818 g/mol. The van der Waals surface area contributed by atoms with E-state index >= 15 is 0 Å². The fourth-order valence-corrected chi connectivity index (χ4v) is 8.16. The summed E-state index contributed by atoms with van der Waals surface area (Å²) in [6.07, 6.45) is 12.1. The van der Waals surface area contributed by atoms with E-state index in [1.165, 1.54) is 83.6 Å². The van der Waals surface area contributed by atoms with Crippen LogP contribution in [0, 0.1) is 20.8 Å². The maximum absolute atomic E-state index is 4.96. The number of aryl methyl sites for hydroxylation is 3. The summed E-state index contributed by atoms with van der Waals surface area (Å²) >= 11 is 0. The van der Waals surface area contributed by atoms with E-state index in [-0.39, 0.29) is 0 Å². The molecule has 8 aromatic carbocycles. The Kier molecular flexibility index (Phi) is 14.7. The number of rotatable bonds is 8. The van der Waals surface area contributed by atoms with Gasteiger partial charge in [-0.15, -0.1) is 0 Å². The van der Waals surface area contributed by atoms with Gasteiger partial charge in [0.2, 0.25) is 0 Å². The highest BCUT2D eigenvalue weighted by molar-refractivity contribution is 6.07. The van der Waals surface area contributed by atoms with Gasteiger partial charge < -0.3 is 0 Å². The minimum atomic E-state index is 0.966. The molecule has 1 aliphatic carbocycles. The number of allylic oxidation sites excluding steroid dienone is 5. The van der Waals surface area contributed by atoms with Crippen molar-refractivity contribution in [3.05, 3.63) is 246 Å². The Morgan fingerprint density at radius 1 is 0.556 bits per heavy atom. The van der Waals surface area contributed by atoms with E-state index < -0.39 is 0 Å². The second-order valence-corrected chi connectivity index (χ2v) is 16.4. The fourth-order valence-electron chi connectivity index (χ4n) is 8.16. The van der Waals surface area contributed by atoms with Crippen molar-refractivity contribution in [1.29, 1.82) is 0 Å². The zero-order valence-corrected chi connectivity index (χ0v) is 37.8. The number of hydrogen-bond donors (Lipinski definition) is 0. The largest absolute Gasteiger partial charge is 0.253 e. The number of benzene rings is 8. The lowest BCUT2D eigenvalue weighted by Gasteiger charge is -2.16. The van der Waals surface area contributed by atoms with Crippen LogP contribution < -0.4 is 0 Å². The Hall–Kier alpha value is -7.09. The average Bonchev–Trinajstić information content (AvgIpc) is 3.32. The van der Waals surface area contributed by atoms with Gasteiger partial charge in [-0.1, -0.05) is 220 Å². The highest BCUT2D eigenvalue weighted by atomic mass is 14.8. The van der Waals surface area contributed by atoms with Crippen LogP contribution in [0.15, 0.2) is 223 Å². The summed E-state index contributed by atoms with van der Waals surface area (Å²) in [6.45, 7) is 17.1. The molecular formula is C62H59N. The lowest BCUT2D eigenvalue weighted by molar-refractivity contribution is 1.02. The van der Waals surface area contributed by atoms with Crippen LogP contribution in [0.1, 0.15) is 67.9 Å². The van der Waals surface area contributed by atoms with Crippen molar-refractivity contribution >= 4 is 32.8 Å². The molecule has 0 N–H and O–H groups in total. The summed E-state index contributed by atoms with van der Waals surface area (Å²) < 4.78 is 0. The predicted octanol–water partition coefficient (Wildman–Crippen LogP) is 17.7. The quantitative estimate of drug-likeness (QED) is 0.107. The van der Waals surface area contributed by atoms with E-state index in [0.29, 0.717) is 0 Å².